The first kappa shape index (κ1) is 10.8. The van der Waals surface area contributed by atoms with E-state index in [9.17, 15) is 0 Å². The molecule has 40 valence electrons. The molecule has 0 heterocycles. The van der Waals surface area contributed by atoms with Crippen molar-refractivity contribution in [3.63, 3.8) is 0 Å². The van der Waals surface area contributed by atoms with E-state index >= 15 is 0 Å². The number of rotatable bonds is 3. The molecular weight excluding hydrogens is 117 g/mol. The van der Waals surface area contributed by atoms with Gasteiger partial charge in [0, 0.05) is 25.8 Å². The van der Waals surface area contributed by atoms with Gasteiger partial charge in [-0.3, -0.25) is 0 Å². The average Bonchev–Trinajstić information content (AvgIpc) is 1.61. The molecule has 0 N–H and O–H groups in total. The van der Waals surface area contributed by atoms with Crippen LogP contribution in [0.2, 0.25) is 0 Å². The fraction of sp³-hybridized carbons (Fsp3) is 0.833. The Balaban J connectivity index is 0. The van der Waals surface area contributed by atoms with E-state index in [2.05, 4.69) is 13.8 Å². The molecule has 0 aliphatic heterocycles. The summed E-state index contributed by atoms with van der Waals surface area (Å²) in [5.41, 5.74) is 0. The molecule has 0 amide bonds. The van der Waals surface area contributed by atoms with E-state index in [-0.39, 0.29) is 25.8 Å². The molecule has 0 atom stereocenters. The second-order valence-electron chi connectivity index (χ2n) is 1.56. The van der Waals surface area contributed by atoms with E-state index in [1.54, 1.807) is 0 Å². The van der Waals surface area contributed by atoms with E-state index in [0.29, 0.717) is 0 Å². The molecule has 7 heavy (non-hydrogen) atoms. The quantitative estimate of drug-likeness (QED) is 0.514. The zero-order valence-corrected chi connectivity index (χ0v) is 6.92. The minimum atomic E-state index is 0. The van der Waals surface area contributed by atoms with E-state index < -0.39 is 0 Å². The maximum absolute atomic E-state index is 3.72. The smallest absolute Gasteiger partial charge is 0 e. The molecule has 0 saturated heterocycles. The largest absolute Gasteiger partial charge is 0.0654 e. The van der Waals surface area contributed by atoms with Crippen molar-refractivity contribution in [2.45, 2.75) is 32.6 Å². The molecule has 0 fully saturated rings. The third-order valence-corrected chi connectivity index (χ3v) is 0.854. The molecule has 0 aliphatic carbocycles. The minimum Gasteiger partial charge on any atom is -0.0654 e. The third-order valence-electron chi connectivity index (χ3n) is 0.854. The predicted octanol–water partition coefficient (Wildman–Crippen LogP) is 2.40. The van der Waals surface area contributed by atoms with Crippen molar-refractivity contribution in [3.05, 3.63) is 6.92 Å². The molecule has 0 saturated carbocycles. The summed E-state index contributed by atoms with van der Waals surface area (Å²) in [5, 5.41) is 0. The van der Waals surface area contributed by atoms with Gasteiger partial charge in [0.05, 0.1) is 0 Å². The van der Waals surface area contributed by atoms with Gasteiger partial charge in [-0.15, -0.1) is 0 Å². The summed E-state index contributed by atoms with van der Waals surface area (Å²) >= 11 is 0. The molecule has 0 aromatic carbocycles. The van der Waals surface area contributed by atoms with Gasteiger partial charge in [0.1, 0.15) is 0 Å². The SMILES string of the molecule is [CH2]CCCCC.[Sc]. The maximum Gasteiger partial charge on any atom is 0 e. The molecule has 0 nitrogen and oxygen atoms in total. The zero-order valence-electron chi connectivity index (χ0n) is 5.11. The number of unbranched alkanes of at least 4 members (excludes halogenated alkanes) is 3. The Kier molecular flexibility index (Phi) is 15.4. The van der Waals surface area contributed by atoms with Crippen LogP contribution in [0.25, 0.3) is 0 Å². The van der Waals surface area contributed by atoms with Crippen molar-refractivity contribution in [2.75, 3.05) is 0 Å². The molecule has 0 aromatic heterocycles. The van der Waals surface area contributed by atoms with Gasteiger partial charge in [0.15, 0.2) is 0 Å². The van der Waals surface area contributed by atoms with Crippen LogP contribution in [0.15, 0.2) is 0 Å². The van der Waals surface area contributed by atoms with Gasteiger partial charge in [-0.2, -0.15) is 0 Å². The van der Waals surface area contributed by atoms with Gasteiger partial charge in [-0.1, -0.05) is 39.5 Å². The van der Waals surface area contributed by atoms with Crippen molar-refractivity contribution < 1.29 is 25.8 Å². The molecule has 0 rings (SSSR count). The minimum absolute atomic E-state index is 0. The fourth-order valence-electron chi connectivity index (χ4n) is 0.427. The summed E-state index contributed by atoms with van der Waals surface area (Å²) in [7, 11) is 0. The third kappa shape index (κ3) is 10.9. The Morgan fingerprint density at radius 2 is 1.86 bits per heavy atom. The van der Waals surface area contributed by atoms with Gasteiger partial charge < -0.3 is 0 Å². The van der Waals surface area contributed by atoms with Gasteiger partial charge in [-0.05, 0) is 0 Å². The summed E-state index contributed by atoms with van der Waals surface area (Å²) in [5.74, 6) is 0. The summed E-state index contributed by atoms with van der Waals surface area (Å²) in [6, 6.07) is 0. The summed E-state index contributed by atoms with van der Waals surface area (Å²) in [6.45, 7) is 5.93. The second-order valence-corrected chi connectivity index (χ2v) is 1.56. The molecule has 0 bridgehead atoms. The molecule has 1 heteroatoms. The van der Waals surface area contributed by atoms with Crippen LogP contribution >= 0.6 is 0 Å². The van der Waals surface area contributed by atoms with Crippen molar-refractivity contribution in [1.29, 1.82) is 0 Å². The van der Waals surface area contributed by atoms with Gasteiger partial charge in [0.25, 0.3) is 0 Å². The van der Waals surface area contributed by atoms with E-state index in [0.717, 1.165) is 6.42 Å². The fourth-order valence-corrected chi connectivity index (χ4v) is 0.427. The Labute approximate surface area is 65.5 Å². The van der Waals surface area contributed by atoms with Crippen molar-refractivity contribution in [1.82, 2.24) is 0 Å². The van der Waals surface area contributed by atoms with Gasteiger partial charge in [0.2, 0.25) is 0 Å². The van der Waals surface area contributed by atoms with Crippen LogP contribution in [0.4, 0.5) is 0 Å². The number of hydrogen-bond acceptors (Lipinski definition) is 0. The second kappa shape index (κ2) is 9.98. The predicted molar refractivity (Wildman–Crippen MR) is 29.5 cm³/mol. The van der Waals surface area contributed by atoms with E-state index in [1.165, 1.54) is 19.3 Å². The standard InChI is InChI=1S/C6H13.Sc/c1-3-5-6-4-2;/h1,3-6H2,2H3;. The van der Waals surface area contributed by atoms with E-state index in [4.69, 9.17) is 0 Å². The van der Waals surface area contributed by atoms with Crippen LogP contribution < -0.4 is 0 Å². The molecular formula is C6H13Sc. The number of hydrogen-bond donors (Lipinski definition) is 0. The first-order valence-corrected chi connectivity index (χ1v) is 2.71. The van der Waals surface area contributed by atoms with Crippen LogP contribution in [0.5, 0.6) is 0 Å². The van der Waals surface area contributed by atoms with Crippen molar-refractivity contribution in [3.8, 4) is 0 Å². The molecule has 0 aromatic rings. The first-order chi connectivity index (χ1) is 2.91. The van der Waals surface area contributed by atoms with Crippen LogP contribution in [0, 0.1) is 6.92 Å². The zero-order chi connectivity index (χ0) is 4.83. The average molecular weight is 130 g/mol. The molecule has 0 unspecified atom stereocenters. The Bertz CT molecular complexity index is 16.1. The van der Waals surface area contributed by atoms with Crippen molar-refractivity contribution in [2.24, 2.45) is 0 Å². The monoisotopic (exact) mass is 130 g/mol. The van der Waals surface area contributed by atoms with Gasteiger partial charge >= 0.3 is 0 Å². The summed E-state index contributed by atoms with van der Waals surface area (Å²) < 4.78 is 0. The van der Waals surface area contributed by atoms with E-state index in [1.807, 2.05) is 0 Å². The van der Waals surface area contributed by atoms with Crippen LogP contribution in [0.1, 0.15) is 32.6 Å². The van der Waals surface area contributed by atoms with Crippen LogP contribution in [-0.4, -0.2) is 0 Å². The Morgan fingerprint density at radius 1 is 1.29 bits per heavy atom. The molecule has 0 spiro atoms. The van der Waals surface area contributed by atoms with Gasteiger partial charge in [-0.25, -0.2) is 0 Å². The Hall–Kier alpha value is 0.870. The summed E-state index contributed by atoms with van der Waals surface area (Å²) in [4.78, 5) is 0. The summed E-state index contributed by atoms with van der Waals surface area (Å²) in [6.07, 6.45) is 5.07. The normalized spacial score (nSPS) is 7.71. The first-order valence-electron chi connectivity index (χ1n) is 2.71. The van der Waals surface area contributed by atoms with Crippen LogP contribution in [0.3, 0.4) is 0 Å². The maximum atomic E-state index is 3.72. The molecule has 0 aliphatic rings. The Morgan fingerprint density at radius 3 is 2.00 bits per heavy atom. The van der Waals surface area contributed by atoms with Crippen LogP contribution in [-0.2, 0) is 25.8 Å². The molecule has 2 radical (unpaired) electrons. The van der Waals surface area contributed by atoms with Crippen molar-refractivity contribution >= 4 is 0 Å². The topological polar surface area (TPSA) is 0 Å².